The summed E-state index contributed by atoms with van der Waals surface area (Å²) in [4.78, 5) is 14.1. The fourth-order valence-electron chi connectivity index (χ4n) is 3.56. The van der Waals surface area contributed by atoms with E-state index in [2.05, 4.69) is 43.8 Å². The van der Waals surface area contributed by atoms with Gasteiger partial charge in [-0.25, -0.2) is 9.97 Å². The highest BCUT2D eigenvalue weighted by Gasteiger charge is 2.27. The lowest BCUT2D eigenvalue weighted by Gasteiger charge is -2.16. The van der Waals surface area contributed by atoms with E-state index in [1.54, 1.807) is 0 Å². The molecule has 1 aliphatic heterocycles. The van der Waals surface area contributed by atoms with Crippen LogP contribution in [0.4, 0.5) is 5.82 Å². The first kappa shape index (κ1) is 16.5. The van der Waals surface area contributed by atoms with Gasteiger partial charge in [0, 0.05) is 28.4 Å². The summed E-state index contributed by atoms with van der Waals surface area (Å²) in [7, 11) is 0. The van der Waals surface area contributed by atoms with Crippen molar-refractivity contribution in [3.63, 3.8) is 0 Å². The van der Waals surface area contributed by atoms with Crippen molar-refractivity contribution in [2.75, 3.05) is 11.5 Å². The van der Waals surface area contributed by atoms with Gasteiger partial charge in [0.15, 0.2) is 0 Å². The molecule has 1 fully saturated rings. The summed E-state index contributed by atoms with van der Waals surface area (Å²) < 4.78 is 8.36. The zero-order chi connectivity index (χ0) is 18.2. The largest absolute Gasteiger partial charge is 0.383 e. The van der Waals surface area contributed by atoms with Crippen molar-refractivity contribution < 1.29 is 4.74 Å². The average molecular weight is 377 g/mol. The quantitative estimate of drug-likeness (QED) is 0.541. The minimum Gasteiger partial charge on any atom is -0.383 e. The Morgan fingerprint density at radius 1 is 1.15 bits per heavy atom. The van der Waals surface area contributed by atoms with Crippen molar-refractivity contribution in [1.82, 2.24) is 19.5 Å². The predicted octanol–water partition coefficient (Wildman–Crippen LogP) is 4.03. The molecule has 4 heterocycles. The van der Waals surface area contributed by atoms with E-state index in [-0.39, 0.29) is 12.3 Å². The first-order valence-electron chi connectivity index (χ1n) is 8.98. The van der Waals surface area contributed by atoms with E-state index in [0.29, 0.717) is 5.82 Å². The standard InChI is InChI=1S/C20H19N5OS/c21-19-16-7-9-25(20(16)24-12-23-19)18-6-4-14(26-18)11-27-15-5-3-13-2-1-8-22-17(13)10-15/h1-3,5,7-10,12,14,18H,4,6,11H2,(H2,21,23,24)/t14-,18+/m0/s1. The number of thioether (sulfide) groups is 1. The van der Waals surface area contributed by atoms with Gasteiger partial charge in [-0.2, -0.15) is 0 Å². The Morgan fingerprint density at radius 2 is 2.11 bits per heavy atom. The van der Waals surface area contributed by atoms with Crippen LogP contribution in [0.15, 0.2) is 60.0 Å². The monoisotopic (exact) mass is 377 g/mol. The zero-order valence-electron chi connectivity index (χ0n) is 14.7. The fraction of sp³-hybridized carbons (Fsp3) is 0.250. The molecule has 7 heteroatoms. The first-order chi connectivity index (χ1) is 13.3. The van der Waals surface area contributed by atoms with Crippen LogP contribution in [0.5, 0.6) is 0 Å². The van der Waals surface area contributed by atoms with Crippen LogP contribution in [0.3, 0.4) is 0 Å². The lowest BCUT2D eigenvalue weighted by Crippen LogP contribution is -2.13. The highest BCUT2D eigenvalue weighted by Crippen LogP contribution is 2.34. The number of nitrogens with two attached hydrogens (primary N) is 1. The smallest absolute Gasteiger partial charge is 0.147 e. The maximum absolute atomic E-state index is 6.29. The molecule has 27 heavy (non-hydrogen) atoms. The molecule has 0 spiro atoms. The minimum atomic E-state index is 0.000621. The molecule has 5 rings (SSSR count). The van der Waals surface area contributed by atoms with Gasteiger partial charge in [-0.1, -0.05) is 12.1 Å². The second kappa shape index (κ2) is 6.83. The molecule has 136 valence electrons. The molecule has 1 aliphatic rings. The van der Waals surface area contributed by atoms with Gasteiger partial charge in [-0.15, -0.1) is 11.8 Å². The van der Waals surface area contributed by atoms with Crippen LogP contribution in [-0.2, 0) is 4.74 Å². The van der Waals surface area contributed by atoms with Crippen molar-refractivity contribution in [2.24, 2.45) is 0 Å². The van der Waals surface area contributed by atoms with Crippen LogP contribution in [-0.4, -0.2) is 31.4 Å². The third-order valence-electron chi connectivity index (χ3n) is 4.95. The predicted molar refractivity (Wildman–Crippen MR) is 108 cm³/mol. The SMILES string of the molecule is Nc1ncnc2c1ccn2[C@H]1CC[C@@H](CSc2ccc3cccnc3c2)O1. The van der Waals surface area contributed by atoms with Crippen molar-refractivity contribution in [1.29, 1.82) is 0 Å². The van der Waals surface area contributed by atoms with Crippen LogP contribution < -0.4 is 5.73 Å². The second-order valence-electron chi connectivity index (χ2n) is 6.68. The normalized spacial score (nSPS) is 19.9. The number of rotatable bonds is 4. The summed E-state index contributed by atoms with van der Waals surface area (Å²) in [5.74, 6) is 1.43. The molecule has 0 unspecified atom stereocenters. The Labute approximate surface area is 160 Å². The van der Waals surface area contributed by atoms with Crippen LogP contribution in [0, 0.1) is 0 Å². The number of anilines is 1. The number of pyridine rings is 1. The van der Waals surface area contributed by atoms with Gasteiger partial charge in [-0.05, 0) is 37.1 Å². The molecular weight excluding hydrogens is 358 g/mol. The lowest BCUT2D eigenvalue weighted by molar-refractivity contribution is 0.0157. The van der Waals surface area contributed by atoms with Gasteiger partial charge in [0.05, 0.1) is 17.0 Å². The highest BCUT2D eigenvalue weighted by atomic mass is 32.2. The lowest BCUT2D eigenvalue weighted by atomic mass is 10.2. The van der Waals surface area contributed by atoms with Gasteiger partial charge >= 0.3 is 0 Å². The zero-order valence-corrected chi connectivity index (χ0v) is 15.5. The van der Waals surface area contributed by atoms with Crippen LogP contribution in [0.2, 0.25) is 0 Å². The van der Waals surface area contributed by atoms with Crippen LogP contribution in [0.1, 0.15) is 19.1 Å². The summed E-state index contributed by atoms with van der Waals surface area (Å²) in [6.45, 7) is 0. The molecule has 0 saturated carbocycles. The van der Waals surface area contributed by atoms with Gasteiger partial charge < -0.3 is 15.0 Å². The van der Waals surface area contributed by atoms with Gasteiger partial charge in [0.25, 0.3) is 0 Å². The Bertz CT molecular complexity index is 1110. The highest BCUT2D eigenvalue weighted by molar-refractivity contribution is 7.99. The number of aromatic nitrogens is 4. The van der Waals surface area contributed by atoms with Gasteiger partial charge in [-0.3, -0.25) is 4.98 Å². The summed E-state index contributed by atoms with van der Waals surface area (Å²) >= 11 is 1.82. The minimum absolute atomic E-state index is 0.000621. The van der Waals surface area contributed by atoms with Gasteiger partial charge in [0.2, 0.25) is 0 Å². The number of nitrogen functional groups attached to an aromatic ring is 1. The molecule has 0 aliphatic carbocycles. The molecule has 0 bridgehead atoms. The van der Waals surface area contributed by atoms with Crippen molar-refractivity contribution in [3.8, 4) is 0 Å². The fourth-order valence-corrected chi connectivity index (χ4v) is 4.54. The first-order valence-corrected chi connectivity index (χ1v) is 9.96. The topological polar surface area (TPSA) is 78.9 Å². The molecule has 1 saturated heterocycles. The Kier molecular flexibility index (Phi) is 4.18. The third kappa shape index (κ3) is 3.13. The molecule has 0 amide bonds. The molecule has 4 aromatic rings. The molecule has 3 aromatic heterocycles. The van der Waals surface area contributed by atoms with Crippen molar-refractivity contribution in [2.45, 2.75) is 30.1 Å². The Balaban J connectivity index is 1.27. The summed E-state index contributed by atoms with van der Waals surface area (Å²) in [5.41, 5.74) is 7.80. The van der Waals surface area contributed by atoms with Gasteiger partial charge in [0.1, 0.15) is 24.0 Å². The number of benzene rings is 1. The summed E-state index contributed by atoms with van der Waals surface area (Å²) in [6.07, 6.45) is 7.55. The Morgan fingerprint density at radius 3 is 3.07 bits per heavy atom. The van der Waals surface area contributed by atoms with Crippen molar-refractivity contribution in [3.05, 3.63) is 55.1 Å². The van der Waals surface area contributed by atoms with Crippen molar-refractivity contribution >= 4 is 39.5 Å². The number of hydrogen-bond donors (Lipinski definition) is 1. The average Bonchev–Trinajstić information content (AvgIpc) is 3.33. The maximum atomic E-state index is 6.29. The Hall–Kier alpha value is -2.64. The molecule has 6 nitrogen and oxygen atoms in total. The van der Waals surface area contributed by atoms with Crippen LogP contribution in [0.25, 0.3) is 21.9 Å². The van der Waals surface area contributed by atoms with E-state index < -0.39 is 0 Å². The molecule has 2 N–H and O–H groups in total. The molecule has 0 radical (unpaired) electrons. The van der Waals surface area contributed by atoms with E-state index >= 15 is 0 Å². The maximum Gasteiger partial charge on any atom is 0.147 e. The van der Waals surface area contributed by atoms with E-state index in [0.717, 1.165) is 35.1 Å². The van der Waals surface area contributed by atoms with E-state index in [4.69, 9.17) is 10.5 Å². The molecule has 2 atom stereocenters. The van der Waals surface area contributed by atoms with E-state index in [1.165, 1.54) is 16.6 Å². The third-order valence-corrected chi connectivity index (χ3v) is 6.07. The summed E-state index contributed by atoms with van der Waals surface area (Å²) in [6, 6.07) is 12.4. The van der Waals surface area contributed by atoms with E-state index in [1.807, 2.05) is 36.3 Å². The number of hydrogen-bond acceptors (Lipinski definition) is 6. The van der Waals surface area contributed by atoms with E-state index in [9.17, 15) is 0 Å². The summed E-state index contributed by atoms with van der Waals surface area (Å²) in [5, 5.41) is 2.04. The number of ether oxygens (including phenoxy) is 1. The second-order valence-corrected chi connectivity index (χ2v) is 7.77. The number of fused-ring (bicyclic) bond motifs is 2. The van der Waals surface area contributed by atoms with Crippen LogP contribution >= 0.6 is 11.8 Å². The molecule has 1 aromatic carbocycles. The molecular formula is C20H19N5OS. The number of nitrogens with zero attached hydrogens (tertiary/aromatic N) is 4.